The smallest absolute Gasteiger partial charge is 0.130 e. The lowest BCUT2D eigenvalue weighted by molar-refractivity contribution is 0.546. The lowest BCUT2D eigenvalue weighted by Gasteiger charge is -2.12. The van der Waals surface area contributed by atoms with Gasteiger partial charge in [0.15, 0.2) is 0 Å². The molecule has 100 valence electrons. The van der Waals surface area contributed by atoms with Crippen LogP contribution in [0.25, 0.3) is 0 Å². The van der Waals surface area contributed by atoms with Gasteiger partial charge in [-0.1, -0.05) is 28.1 Å². The Morgan fingerprint density at radius 3 is 2.11 bits per heavy atom. The zero-order valence-corrected chi connectivity index (χ0v) is 11.2. The number of rotatable bonds is 3. The second kappa shape index (κ2) is 5.74. The third kappa shape index (κ3) is 3.15. The van der Waals surface area contributed by atoms with Crippen LogP contribution in [0.1, 0.15) is 16.0 Å². The van der Waals surface area contributed by atoms with Gasteiger partial charge in [-0.15, -0.1) is 0 Å². The fourth-order valence-corrected chi connectivity index (χ4v) is 2.47. The Kier molecular flexibility index (Phi) is 4.24. The van der Waals surface area contributed by atoms with Crippen LogP contribution in [0.15, 0.2) is 36.4 Å². The molecule has 0 nitrogen and oxygen atoms in total. The first kappa shape index (κ1) is 14.1. The Hall–Kier alpha value is -1.36. The molecule has 0 aliphatic heterocycles. The van der Waals surface area contributed by atoms with E-state index < -0.39 is 28.1 Å². The molecule has 5 heteroatoms. The van der Waals surface area contributed by atoms with Crippen LogP contribution in [0.2, 0.25) is 0 Å². The molecule has 1 unspecified atom stereocenters. The fraction of sp³-hybridized carbons (Fsp3) is 0.143. The van der Waals surface area contributed by atoms with Gasteiger partial charge in [-0.25, -0.2) is 17.6 Å². The van der Waals surface area contributed by atoms with Crippen molar-refractivity contribution in [2.45, 2.75) is 11.2 Å². The Labute approximate surface area is 116 Å². The second-order valence-corrected chi connectivity index (χ2v) is 5.14. The number of halogens is 5. The first-order valence-corrected chi connectivity index (χ1v) is 6.42. The van der Waals surface area contributed by atoms with Gasteiger partial charge in [-0.2, -0.15) is 0 Å². The van der Waals surface area contributed by atoms with Crippen molar-refractivity contribution in [1.82, 2.24) is 0 Å². The number of hydrogen-bond acceptors (Lipinski definition) is 0. The maximum Gasteiger partial charge on any atom is 0.130 e. The normalized spacial score (nSPS) is 12.5. The fourth-order valence-electron chi connectivity index (χ4n) is 1.77. The average Bonchev–Trinajstić information content (AvgIpc) is 2.33. The van der Waals surface area contributed by atoms with Crippen LogP contribution in [0.3, 0.4) is 0 Å². The van der Waals surface area contributed by atoms with Crippen molar-refractivity contribution in [3.63, 3.8) is 0 Å². The molecule has 0 radical (unpaired) electrons. The van der Waals surface area contributed by atoms with Gasteiger partial charge in [0.2, 0.25) is 0 Å². The molecule has 19 heavy (non-hydrogen) atoms. The molecular weight excluding hydrogens is 324 g/mol. The van der Waals surface area contributed by atoms with E-state index >= 15 is 0 Å². The first-order valence-electron chi connectivity index (χ1n) is 5.51. The van der Waals surface area contributed by atoms with Crippen LogP contribution in [-0.4, -0.2) is 0 Å². The third-order valence-electron chi connectivity index (χ3n) is 2.74. The molecule has 2 aromatic carbocycles. The highest BCUT2D eigenvalue weighted by Crippen LogP contribution is 2.31. The third-order valence-corrected chi connectivity index (χ3v) is 3.56. The number of hydrogen-bond donors (Lipinski definition) is 0. The molecule has 0 aliphatic rings. The van der Waals surface area contributed by atoms with E-state index in [1.54, 1.807) is 0 Å². The Morgan fingerprint density at radius 1 is 0.895 bits per heavy atom. The predicted molar refractivity (Wildman–Crippen MR) is 68.1 cm³/mol. The van der Waals surface area contributed by atoms with Crippen molar-refractivity contribution in [1.29, 1.82) is 0 Å². The lowest BCUT2D eigenvalue weighted by Crippen LogP contribution is -2.03. The van der Waals surface area contributed by atoms with Crippen LogP contribution in [0, 0.1) is 23.3 Å². The topological polar surface area (TPSA) is 0 Å². The van der Waals surface area contributed by atoms with E-state index in [1.165, 1.54) is 12.1 Å². The highest BCUT2D eigenvalue weighted by Gasteiger charge is 2.18. The molecule has 0 aromatic heterocycles. The summed E-state index contributed by atoms with van der Waals surface area (Å²) < 4.78 is 53.3. The van der Waals surface area contributed by atoms with Crippen LogP contribution < -0.4 is 0 Å². The van der Waals surface area contributed by atoms with Crippen molar-refractivity contribution < 1.29 is 17.6 Å². The summed E-state index contributed by atoms with van der Waals surface area (Å²) >= 11 is 3.17. The summed E-state index contributed by atoms with van der Waals surface area (Å²) in [6, 6.07) is 6.63. The van der Waals surface area contributed by atoms with Crippen LogP contribution in [0.4, 0.5) is 17.6 Å². The zero-order valence-electron chi connectivity index (χ0n) is 9.64. The van der Waals surface area contributed by atoms with E-state index in [9.17, 15) is 17.6 Å². The van der Waals surface area contributed by atoms with Crippen molar-refractivity contribution >= 4 is 15.9 Å². The summed E-state index contributed by atoms with van der Waals surface area (Å²) in [5, 5.41) is 0. The second-order valence-electron chi connectivity index (χ2n) is 4.04. The molecule has 2 aromatic rings. The minimum absolute atomic E-state index is 0.0684. The van der Waals surface area contributed by atoms with E-state index in [0.717, 1.165) is 24.3 Å². The molecule has 0 N–H and O–H groups in total. The van der Waals surface area contributed by atoms with E-state index in [-0.39, 0.29) is 17.5 Å². The zero-order chi connectivity index (χ0) is 14.0. The predicted octanol–water partition coefficient (Wildman–Crippen LogP) is 4.92. The van der Waals surface area contributed by atoms with E-state index in [4.69, 9.17) is 0 Å². The van der Waals surface area contributed by atoms with E-state index in [1.807, 2.05) is 0 Å². The summed E-state index contributed by atoms with van der Waals surface area (Å²) in [5.41, 5.74) is 0.0251. The quantitative estimate of drug-likeness (QED) is 0.552. The van der Waals surface area contributed by atoms with Crippen molar-refractivity contribution in [3.8, 4) is 0 Å². The SMILES string of the molecule is Fc1ccc(C(Br)Cc2c(F)cccc2F)c(F)c1. The van der Waals surface area contributed by atoms with Gasteiger partial charge in [0.25, 0.3) is 0 Å². The molecule has 0 fully saturated rings. The summed E-state index contributed by atoms with van der Waals surface area (Å²) in [5.74, 6) is -2.82. The highest BCUT2D eigenvalue weighted by atomic mass is 79.9. The minimum Gasteiger partial charge on any atom is -0.207 e. The summed E-state index contributed by atoms with van der Waals surface area (Å²) in [4.78, 5) is -0.639. The van der Waals surface area contributed by atoms with Gasteiger partial charge in [-0.05, 0) is 24.6 Å². The van der Waals surface area contributed by atoms with Gasteiger partial charge < -0.3 is 0 Å². The Morgan fingerprint density at radius 2 is 1.53 bits per heavy atom. The Bertz CT molecular complexity index is 578. The summed E-state index contributed by atoms with van der Waals surface area (Å²) in [6.07, 6.45) is -0.0684. The molecule has 2 rings (SSSR count). The lowest BCUT2D eigenvalue weighted by atomic mass is 10.0. The van der Waals surface area contributed by atoms with E-state index in [0.29, 0.717) is 0 Å². The van der Waals surface area contributed by atoms with Crippen LogP contribution in [-0.2, 0) is 6.42 Å². The van der Waals surface area contributed by atoms with Gasteiger partial charge in [-0.3, -0.25) is 0 Å². The first-order chi connectivity index (χ1) is 8.99. The summed E-state index contributed by atoms with van der Waals surface area (Å²) in [7, 11) is 0. The monoisotopic (exact) mass is 332 g/mol. The van der Waals surface area contributed by atoms with Crippen LogP contribution in [0.5, 0.6) is 0 Å². The largest absolute Gasteiger partial charge is 0.207 e. The molecule has 0 saturated heterocycles. The molecule has 0 heterocycles. The Balaban J connectivity index is 2.28. The molecule has 0 aliphatic carbocycles. The molecule has 0 spiro atoms. The number of benzene rings is 2. The molecule has 0 amide bonds. The summed E-state index contributed by atoms with van der Waals surface area (Å²) in [6.45, 7) is 0. The van der Waals surface area contributed by atoms with Gasteiger partial charge in [0.1, 0.15) is 23.3 Å². The maximum atomic E-state index is 13.5. The van der Waals surface area contributed by atoms with Crippen molar-refractivity contribution in [3.05, 3.63) is 70.8 Å². The maximum absolute atomic E-state index is 13.5. The minimum atomic E-state index is -0.751. The highest BCUT2D eigenvalue weighted by molar-refractivity contribution is 9.09. The molecule has 1 atom stereocenters. The van der Waals surface area contributed by atoms with Crippen LogP contribution >= 0.6 is 15.9 Å². The molecule has 0 bridgehead atoms. The number of alkyl halides is 1. The van der Waals surface area contributed by atoms with Gasteiger partial charge in [0, 0.05) is 22.0 Å². The molecule has 0 saturated carbocycles. The standard InChI is InChI=1S/C14H9BrF4/c15-11(9-5-4-8(16)6-14(9)19)7-10-12(17)2-1-3-13(10)18/h1-6,11H,7H2. The van der Waals surface area contributed by atoms with E-state index in [2.05, 4.69) is 15.9 Å². The van der Waals surface area contributed by atoms with Crippen molar-refractivity contribution in [2.75, 3.05) is 0 Å². The van der Waals surface area contributed by atoms with Gasteiger partial charge >= 0.3 is 0 Å². The average molecular weight is 333 g/mol. The molecular formula is C14H9BrF4. The van der Waals surface area contributed by atoms with Crippen molar-refractivity contribution in [2.24, 2.45) is 0 Å². The van der Waals surface area contributed by atoms with Gasteiger partial charge in [0.05, 0.1) is 0 Å².